The molecule has 94 valence electrons. The van der Waals surface area contributed by atoms with E-state index in [1.54, 1.807) is 12.4 Å². The van der Waals surface area contributed by atoms with Crippen LogP contribution in [0.5, 0.6) is 0 Å². The first-order valence-corrected chi connectivity index (χ1v) is 5.56. The van der Waals surface area contributed by atoms with Crippen LogP contribution in [0.15, 0.2) is 36.7 Å². The molecule has 2 aromatic heterocycles. The molecule has 0 spiro atoms. The van der Waals surface area contributed by atoms with Gasteiger partial charge in [-0.15, -0.1) is 0 Å². The first kappa shape index (κ1) is 12.0. The van der Waals surface area contributed by atoms with Gasteiger partial charge in [0.25, 0.3) is 0 Å². The molecule has 18 heavy (non-hydrogen) atoms. The summed E-state index contributed by atoms with van der Waals surface area (Å²) in [6.07, 6.45) is 3.51. The third-order valence-corrected chi connectivity index (χ3v) is 2.41. The Morgan fingerprint density at radius 3 is 1.67 bits per heavy atom. The summed E-state index contributed by atoms with van der Waals surface area (Å²) in [5.74, 6) is -1.28. The maximum absolute atomic E-state index is 11.5. The van der Waals surface area contributed by atoms with Crippen LogP contribution < -0.4 is 10.6 Å². The summed E-state index contributed by atoms with van der Waals surface area (Å²) >= 11 is 0. The molecule has 6 heteroatoms. The van der Waals surface area contributed by atoms with Crippen LogP contribution in [0, 0.1) is 0 Å². The molecular formula is C12H14N4O2. The van der Waals surface area contributed by atoms with Crippen LogP contribution in [0.3, 0.4) is 0 Å². The number of rotatable bonds is 4. The normalized spacial score (nSPS) is 10.0. The molecule has 6 nitrogen and oxygen atoms in total. The predicted molar refractivity (Wildman–Crippen MR) is 65.3 cm³/mol. The topological polar surface area (TPSA) is 89.8 Å². The van der Waals surface area contributed by atoms with Gasteiger partial charge in [-0.3, -0.25) is 9.59 Å². The molecule has 2 amide bonds. The van der Waals surface area contributed by atoms with Crippen molar-refractivity contribution >= 4 is 11.8 Å². The molecule has 0 radical (unpaired) electrons. The molecule has 2 heterocycles. The second-order valence-electron chi connectivity index (χ2n) is 3.76. The number of hydrogen-bond acceptors (Lipinski definition) is 2. The minimum atomic E-state index is -0.642. The number of H-pyrrole nitrogens is 2. The summed E-state index contributed by atoms with van der Waals surface area (Å²) in [5.41, 5.74) is 1.70. The quantitative estimate of drug-likeness (QED) is 0.583. The lowest BCUT2D eigenvalue weighted by atomic mass is 10.4. The van der Waals surface area contributed by atoms with Crippen molar-refractivity contribution in [2.75, 3.05) is 0 Å². The fourth-order valence-electron chi connectivity index (χ4n) is 1.47. The predicted octanol–water partition coefficient (Wildman–Crippen LogP) is 0.275. The van der Waals surface area contributed by atoms with Crippen LogP contribution >= 0.6 is 0 Å². The molecule has 0 saturated carbocycles. The zero-order chi connectivity index (χ0) is 12.8. The van der Waals surface area contributed by atoms with Crippen LogP contribution in [-0.2, 0) is 22.7 Å². The van der Waals surface area contributed by atoms with E-state index in [1.807, 2.05) is 24.3 Å². The van der Waals surface area contributed by atoms with Crippen molar-refractivity contribution in [3.8, 4) is 0 Å². The third kappa shape index (κ3) is 3.24. The van der Waals surface area contributed by atoms with Crippen LogP contribution in [0.25, 0.3) is 0 Å². The first-order chi connectivity index (χ1) is 8.75. The van der Waals surface area contributed by atoms with Gasteiger partial charge in [0, 0.05) is 23.8 Å². The molecule has 0 aliphatic carbocycles. The molecule has 2 aromatic rings. The zero-order valence-electron chi connectivity index (χ0n) is 9.69. The average molecular weight is 246 g/mol. The largest absolute Gasteiger partial charge is 0.364 e. The lowest BCUT2D eigenvalue weighted by Crippen LogP contribution is -2.39. The van der Waals surface area contributed by atoms with Crippen molar-refractivity contribution in [2.45, 2.75) is 13.1 Å². The molecule has 2 rings (SSSR count). The van der Waals surface area contributed by atoms with Crippen LogP contribution in [0.1, 0.15) is 11.4 Å². The van der Waals surface area contributed by atoms with Crippen LogP contribution in [0.4, 0.5) is 0 Å². The number of carbonyl (C=O) groups is 2. The SMILES string of the molecule is O=C(NCc1ccc[nH]1)C(=O)NCc1ccc[nH]1. The molecule has 0 aliphatic rings. The van der Waals surface area contributed by atoms with Gasteiger partial charge >= 0.3 is 11.8 Å². The number of carbonyl (C=O) groups excluding carboxylic acids is 2. The third-order valence-electron chi connectivity index (χ3n) is 2.41. The van der Waals surface area contributed by atoms with Gasteiger partial charge in [-0.2, -0.15) is 0 Å². The van der Waals surface area contributed by atoms with E-state index in [4.69, 9.17) is 0 Å². The van der Waals surface area contributed by atoms with Gasteiger partial charge in [-0.1, -0.05) is 0 Å². The van der Waals surface area contributed by atoms with Gasteiger partial charge in [0.15, 0.2) is 0 Å². The molecule has 0 fully saturated rings. The minimum absolute atomic E-state index is 0.307. The van der Waals surface area contributed by atoms with Gasteiger partial charge in [-0.05, 0) is 24.3 Å². The van der Waals surface area contributed by atoms with Crippen LogP contribution in [-0.4, -0.2) is 21.8 Å². The monoisotopic (exact) mass is 246 g/mol. The van der Waals surface area contributed by atoms with Gasteiger partial charge in [0.2, 0.25) is 0 Å². The molecule has 0 unspecified atom stereocenters. The van der Waals surface area contributed by atoms with E-state index in [0.29, 0.717) is 13.1 Å². The molecule has 0 saturated heterocycles. The minimum Gasteiger partial charge on any atom is -0.364 e. The number of nitrogens with one attached hydrogen (secondary N) is 4. The molecule has 4 N–H and O–H groups in total. The number of amides is 2. The second kappa shape index (κ2) is 5.72. The number of hydrogen-bond donors (Lipinski definition) is 4. The van der Waals surface area contributed by atoms with E-state index in [1.165, 1.54) is 0 Å². The highest BCUT2D eigenvalue weighted by molar-refractivity contribution is 6.35. The molecule has 0 aliphatic heterocycles. The Kier molecular flexibility index (Phi) is 3.80. The Morgan fingerprint density at radius 2 is 1.33 bits per heavy atom. The van der Waals surface area contributed by atoms with Crippen molar-refractivity contribution < 1.29 is 9.59 Å². The Hall–Kier alpha value is -2.50. The summed E-state index contributed by atoms with van der Waals surface area (Å²) in [5, 5.41) is 5.04. The summed E-state index contributed by atoms with van der Waals surface area (Å²) in [4.78, 5) is 28.8. The van der Waals surface area contributed by atoms with E-state index >= 15 is 0 Å². The number of aromatic nitrogens is 2. The Labute approximate surface area is 104 Å². The smallest absolute Gasteiger partial charge is 0.309 e. The standard InChI is InChI=1S/C12H14N4O2/c17-11(15-7-9-3-1-5-13-9)12(18)16-8-10-4-2-6-14-10/h1-6,13-14H,7-8H2,(H,15,17)(H,16,18). The fourth-order valence-corrected chi connectivity index (χ4v) is 1.47. The van der Waals surface area contributed by atoms with Gasteiger partial charge in [-0.25, -0.2) is 0 Å². The van der Waals surface area contributed by atoms with Crippen molar-refractivity contribution in [1.82, 2.24) is 20.6 Å². The molecule has 0 aromatic carbocycles. The average Bonchev–Trinajstić information content (AvgIpc) is 3.05. The fraction of sp³-hybridized carbons (Fsp3) is 0.167. The van der Waals surface area contributed by atoms with Crippen molar-refractivity contribution in [3.05, 3.63) is 48.0 Å². The maximum Gasteiger partial charge on any atom is 0.309 e. The Balaban J connectivity index is 1.73. The van der Waals surface area contributed by atoms with E-state index in [0.717, 1.165) is 11.4 Å². The van der Waals surface area contributed by atoms with Gasteiger partial charge in [0.05, 0.1) is 13.1 Å². The highest BCUT2D eigenvalue weighted by Crippen LogP contribution is 1.94. The van der Waals surface area contributed by atoms with E-state index in [9.17, 15) is 9.59 Å². The lowest BCUT2D eigenvalue weighted by molar-refractivity contribution is -0.139. The van der Waals surface area contributed by atoms with Crippen molar-refractivity contribution in [3.63, 3.8) is 0 Å². The first-order valence-electron chi connectivity index (χ1n) is 5.56. The lowest BCUT2D eigenvalue weighted by Gasteiger charge is -2.04. The Morgan fingerprint density at radius 1 is 0.889 bits per heavy atom. The van der Waals surface area contributed by atoms with Crippen molar-refractivity contribution in [1.29, 1.82) is 0 Å². The zero-order valence-corrected chi connectivity index (χ0v) is 9.69. The summed E-state index contributed by atoms with van der Waals surface area (Å²) in [7, 11) is 0. The summed E-state index contributed by atoms with van der Waals surface area (Å²) < 4.78 is 0. The van der Waals surface area contributed by atoms with Crippen molar-refractivity contribution in [2.24, 2.45) is 0 Å². The molecule has 0 atom stereocenters. The second-order valence-corrected chi connectivity index (χ2v) is 3.76. The summed E-state index contributed by atoms with van der Waals surface area (Å²) in [6, 6.07) is 7.31. The summed E-state index contributed by atoms with van der Waals surface area (Å²) in [6.45, 7) is 0.615. The highest BCUT2D eigenvalue weighted by Gasteiger charge is 2.12. The van der Waals surface area contributed by atoms with E-state index in [2.05, 4.69) is 20.6 Å². The molecule has 0 bridgehead atoms. The van der Waals surface area contributed by atoms with E-state index in [-0.39, 0.29) is 0 Å². The van der Waals surface area contributed by atoms with E-state index < -0.39 is 11.8 Å². The van der Waals surface area contributed by atoms with Crippen LogP contribution in [0.2, 0.25) is 0 Å². The van der Waals surface area contributed by atoms with Gasteiger partial charge < -0.3 is 20.6 Å². The Bertz CT molecular complexity index is 454. The number of aromatic amines is 2. The van der Waals surface area contributed by atoms with Gasteiger partial charge in [0.1, 0.15) is 0 Å². The molecular weight excluding hydrogens is 232 g/mol. The maximum atomic E-state index is 11.5. The highest BCUT2D eigenvalue weighted by atomic mass is 16.2.